The standard InChI is InChI=1S/C16H21ClN2O2/c1-12-4-2-3-5-14(12)16(21)18-13-7-10-19(11-8-13)15(20)6-9-17/h2-5,13H,6-11H2,1H3,(H,18,21). The van der Waals surface area contributed by atoms with E-state index in [1.54, 1.807) is 0 Å². The lowest BCUT2D eigenvalue weighted by atomic mass is 10.0. The molecule has 21 heavy (non-hydrogen) atoms. The van der Waals surface area contributed by atoms with E-state index < -0.39 is 0 Å². The van der Waals surface area contributed by atoms with Crippen molar-refractivity contribution in [3.63, 3.8) is 0 Å². The van der Waals surface area contributed by atoms with Crippen LogP contribution in [-0.2, 0) is 4.79 Å². The molecule has 0 spiro atoms. The van der Waals surface area contributed by atoms with Gasteiger partial charge in [0.25, 0.3) is 5.91 Å². The third-order valence-corrected chi connectivity index (χ3v) is 4.07. The molecule has 4 nitrogen and oxygen atoms in total. The number of carbonyl (C=O) groups is 2. The molecule has 1 heterocycles. The molecule has 1 aliphatic rings. The Hall–Kier alpha value is -1.55. The maximum Gasteiger partial charge on any atom is 0.251 e. The first-order valence-electron chi connectivity index (χ1n) is 7.32. The summed E-state index contributed by atoms with van der Waals surface area (Å²) in [5.74, 6) is 0.440. The van der Waals surface area contributed by atoms with E-state index in [-0.39, 0.29) is 17.9 Å². The number of benzene rings is 1. The summed E-state index contributed by atoms with van der Waals surface area (Å²) in [5.41, 5.74) is 1.70. The summed E-state index contributed by atoms with van der Waals surface area (Å²) in [7, 11) is 0. The largest absolute Gasteiger partial charge is 0.349 e. The number of alkyl halides is 1. The summed E-state index contributed by atoms with van der Waals surface area (Å²) in [6, 6.07) is 7.70. The van der Waals surface area contributed by atoms with E-state index in [0.29, 0.717) is 25.4 Å². The number of piperidine rings is 1. The van der Waals surface area contributed by atoms with Gasteiger partial charge in [-0.2, -0.15) is 0 Å². The van der Waals surface area contributed by atoms with Gasteiger partial charge in [-0.1, -0.05) is 18.2 Å². The van der Waals surface area contributed by atoms with Gasteiger partial charge < -0.3 is 10.2 Å². The molecule has 0 aliphatic carbocycles. The second kappa shape index (κ2) is 7.46. The van der Waals surface area contributed by atoms with Crippen molar-refractivity contribution in [3.05, 3.63) is 35.4 Å². The Balaban J connectivity index is 1.85. The Morgan fingerprint density at radius 3 is 2.57 bits per heavy atom. The number of amides is 2. The van der Waals surface area contributed by atoms with Crippen molar-refractivity contribution >= 4 is 23.4 Å². The number of nitrogens with zero attached hydrogens (tertiary/aromatic N) is 1. The van der Waals surface area contributed by atoms with Crippen LogP contribution in [0.3, 0.4) is 0 Å². The molecule has 2 rings (SSSR count). The molecule has 0 radical (unpaired) electrons. The van der Waals surface area contributed by atoms with E-state index in [0.717, 1.165) is 24.0 Å². The van der Waals surface area contributed by atoms with Gasteiger partial charge in [-0.05, 0) is 31.4 Å². The van der Waals surface area contributed by atoms with Gasteiger partial charge in [-0.3, -0.25) is 9.59 Å². The zero-order valence-electron chi connectivity index (χ0n) is 12.3. The first-order chi connectivity index (χ1) is 10.1. The fraction of sp³-hybridized carbons (Fsp3) is 0.500. The lowest BCUT2D eigenvalue weighted by molar-refractivity contribution is -0.131. The van der Waals surface area contributed by atoms with Crippen molar-refractivity contribution in [3.8, 4) is 0 Å². The minimum Gasteiger partial charge on any atom is -0.349 e. The zero-order chi connectivity index (χ0) is 15.2. The minimum atomic E-state index is -0.0290. The van der Waals surface area contributed by atoms with Crippen LogP contribution >= 0.6 is 11.6 Å². The minimum absolute atomic E-state index is 0.0290. The van der Waals surface area contributed by atoms with Crippen LogP contribution in [0.1, 0.15) is 35.2 Å². The monoisotopic (exact) mass is 308 g/mol. The van der Waals surface area contributed by atoms with Crippen LogP contribution < -0.4 is 5.32 Å². The first-order valence-corrected chi connectivity index (χ1v) is 7.85. The molecule has 0 bridgehead atoms. The van der Waals surface area contributed by atoms with Crippen molar-refractivity contribution in [2.24, 2.45) is 0 Å². The fourth-order valence-electron chi connectivity index (χ4n) is 2.60. The third-order valence-electron chi connectivity index (χ3n) is 3.88. The molecule has 1 aliphatic heterocycles. The van der Waals surface area contributed by atoms with Crippen molar-refractivity contribution in [1.82, 2.24) is 10.2 Å². The second-order valence-corrected chi connectivity index (χ2v) is 5.76. The van der Waals surface area contributed by atoms with Gasteiger partial charge in [0.2, 0.25) is 5.91 Å². The average molecular weight is 309 g/mol. The van der Waals surface area contributed by atoms with E-state index in [2.05, 4.69) is 5.32 Å². The molecule has 0 saturated carbocycles. The number of nitrogens with one attached hydrogen (secondary N) is 1. The summed E-state index contributed by atoms with van der Waals surface area (Å²) < 4.78 is 0. The Labute approximate surface area is 130 Å². The maximum absolute atomic E-state index is 12.2. The molecular weight excluding hydrogens is 288 g/mol. The number of carbonyl (C=O) groups excluding carboxylic acids is 2. The van der Waals surface area contributed by atoms with Gasteiger partial charge in [-0.15, -0.1) is 11.6 Å². The molecule has 5 heteroatoms. The number of likely N-dealkylation sites (tertiary alicyclic amines) is 1. The number of rotatable bonds is 4. The van der Waals surface area contributed by atoms with Crippen molar-refractivity contribution < 1.29 is 9.59 Å². The molecule has 1 fully saturated rings. The van der Waals surface area contributed by atoms with Crippen molar-refractivity contribution in [2.45, 2.75) is 32.2 Å². The van der Waals surface area contributed by atoms with Crippen LogP contribution in [0.15, 0.2) is 24.3 Å². The van der Waals surface area contributed by atoms with Crippen molar-refractivity contribution in [2.75, 3.05) is 19.0 Å². The molecule has 114 valence electrons. The Kier molecular flexibility index (Phi) is 5.62. The summed E-state index contributed by atoms with van der Waals surface area (Å²) in [4.78, 5) is 25.8. The summed E-state index contributed by atoms with van der Waals surface area (Å²) in [5, 5.41) is 3.06. The molecule has 1 N–H and O–H groups in total. The van der Waals surface area contributed by atoms with Gasteiger partial charge >= 0.3 is 0 Å². The number of hydrogen-bond acceptors (Lipinski definition) is 2. The molecular formula is C16H21ClN2O2. The Morgan fingerprint density at radius 1 is 1.29 bits per heavy atom. The van der Waals surface area contributed by atoms with Crippen LogP contribution in [-0.4, -0.2) is 41.7 Å². The summed E-state index contributed by atoms with van der Waals surface area (Å²) in [6.45, 7) is 3.31. The lowest BCUT2D eigenvalue weighted by Gasteiger charge is -2.32. The highest BCUT2D eigenvalue weighted by Gasteiger charge is 2.23. The normalized spacial score (nSPS) is 15.8. The zero-order valence-corrected chi connectivity index (χ0v) is 13.0. The number of halogens is 1. The van der Waals surface area contributed by atoms with Crippen LogP contribution in [0.2, 0.25) is 0 Å². The van der Waals surface area contributed by atoms with Gasteiger partial charge in [0, 0.05) is 37.0 Å². The molecule has 1 aromatic carbocycles. The summed E-state index contributed by atoms with van der Waals surface area (Å²) >= 11 is 5.59. The van der Waals surface area contributed by atoms with Gasteiger partial charge in [0.1, 0.15) is 0 Å². The van der Waals surface area contributed by atoms with Crippen LogP contribution in [0.25, 0.3) is 0 Å². The quantitative estimate of drug-likeness (QED) is 0.868. The first kappa shape index (κ1) is 15.8. The highest BCUT2D eigenvalue weighted by Crippen LogP contribution is 2.13. The van der Waals surface area contributed by atoms with E-state index in [1.807, 2.05) is 36.1 Å². The van der Waals surface area contributed by atoms with E-state index >= 15 is 0 Å². The van der Waals surface area contributed by atoms with E-state index in [9.17, 15) is 9.59 Å². The van der Waals surface area contributed by atoms with E-state index in [1.165, 1.54) is 0 Å². The third kappa shape index (κ3) is 4.21. The average Bonchev–Trinajstić information content (AvgIpc) is 2.48. The lowest BCUT2D eigenvalue weighted by Crippen LogP contribution is -2.46. The molecule has 1 aromatic rings. The topological polar surface area (TPSA) is 49.4 Å². The van der Waals surface area contributed by atoms with Gasteiger partial charge in [-0.25, -0.2) is 0 Å². The Bertz CT molecular complexity index is 511. The molecule has 0 unspecified atom stereocenters. The maximum atomic E-state index is 12.2. The second-order valence-electron chi connectivity index (χ2n) is 5.38. The van der Waals surface area contributed by atoms with Crippen LogP contribution in [0.5, 0.6) is 0 Å². The number of aryl methyl sites for hydroxylation is 1. The molecule has 0 atom stereocenters. The molecule has 0 aromatic heterocycles. The Morgan fingerprint density at radius 2 is 1.95 bits per heavy atom. The molecule has 1 saturated heterocycles. The smallest absolute Gasteiger partial charge is 0.251 e. The van der Waals surface area contributed by atoms with Gasteiger partial charge in [0.05, 0.1) is 0 Å². The highest BCUT2D eigenvalue weighted by atomic mass is 35.5. The predicted molar refractivity (Wildman–Crippen MR) is 83.6 cm³/mol. The highest BCUT2D eigenvalue weighted by molar-refractivity contribution is 6.18. The van der Waals surface area contributed by atoms with Crippen molar-refractivity contribution in [1.29, 1.82) is 0 Å². The predicted octanol–water partition coefficient (Wildman–Crippen LogP) is 2.34. The fourth-order valence-corrected chi connectivity index (χ4v) is 2.76. The molecule has 2 amide bonds. The van der Waals surface area contributed by atoms with Gasteiger partial charge in [0.15, 0.2) is 0 Å². The number of hydrogen-bond donors (Lipinski definition) is 1. The SMILES string of the molecule is Cc1ccccc1C(=O)NC1CCN(C(=O)CCCl)CC1. The van der Waals surface area contributed by atoms with Crippen LogP contribution in [0, 0.1) is 6.92 Å². The summed E-state index contributed by atoms with van der Waals surface area (Å²) in [6.07, 6.45) is 1.99. The van der Waals surface area contributed by atoms with Crippen LogP contribution in [0.4, 0.5) is 0 Å². The van der Waals surface area contributed by atoms with E-state index in [4.69, 9.17) is 11.6 Å².